The summed E-state index contributed by atoms with van der Waals surface area (Å²) in [6.07, 6.45) is 2.14. The Morgan fingerprint density at radius 3 is 2.48 bits per heavy atom. The Balaban J connectivity index is 0.00000171. The zero-order valence-corrected chi connectivity index (χ0v) is 19.9. The predicted octanol–water partition coefficient (Wildman–Crippen LogP) is 3.96. The Hall–Kier alpha value is -1.95. The van der Waals surface area contributed by atoms with Crippen LogP contribution >= 0.6 is 24.8 Å². The number of hydrogen-bond acceptors (Lipinski definition) is 4. The smallest absolute Gasteiger partial charge is 0.253 e. The number of piperazine rings is 1. The van der Waals surface area contributed by atoms with Crippen LogP contribution in [0.3, 0.4) is 0 Å². The maximum Gasteiger partial charge on any atom is 0.253 e. The van der Waals surface area contributed by atoms with Crippen LogP contribution in [0, 0.1) is 12.8 Å². The van der Waals surface area contributed by atoms with E-state index in [-0.39, 0.29) is 30.7 Å². The predicted molar refractivity (Wildman–Crippen MR) is 131 cm³/mol. The Morgan fingerprint density at radius 1 is 1.10 bits per heavy atom. The molecule has 2 aromatic rings. The van der Waals surface area contributed by atoms with Gasteiger partial charge in [0.15, 0.2) is 0 Å². The van der Waals surface area contributed by atoms with Crippen molar-refractivity contribution in [2.45, 2.75) is 19.8 Å². The average molecular weight is 466 g/mol. The molecule has 1 amide bonds. The van der Waals surface area contributed by atoms with Crippen LogP contribution in [0.25, 0.3) is 0 Å². The van der Waals surface area contributed by atoms with Crippen LogP contribution < -0.4 is 15.0 Å². The number of amides is 1. The van der Waals surface area contributed by atoms with Gasteiger partial charge in [-0.25, -0.2) is 0 Å². The van der Waals surface area contributed by atoms with E-state index in [1.807, 2.05) is 23.1 Å². The van der Waals surface area contributed by atoms with Crippen LogP contribution in [0.2, 0.25) is 0 Å². The number of carbonyl (C=O) groups excluding carboxylic acids is 1. The van der Waals surface area contributed by atoms with Crippen LogP contribution in [0.4, 0.5) is 5.69 Å². The lowest BCUT2D eigenvalue weighted by molar-refractivity contribution is 0.0746. The molecule has 0 spiro atoms. The van der Waals surface area contributed by atoms with Gasteiger partial charge in [0.05, 0.1) is 7.11 Å². The highest BCUT2D eigenvalue weighted by atomic mass is 35.5. The molecule has 170 valence electrons. The van der Waals surface area contributed by atoms with Crippen molar-refractivity contribution in [1.82, 2.24) is 10.2 Å². The molecule has 1 atom stereocenters. The van der Waals surface area contributed by atoms with Crippen molar-refractivity contribution < 1.29 is 9.53 Å². The maximum atomic E-state index is 13.2. The number of methoxy groups -OCH3 is 1. The SMILES string of the molecule is COc1ccc(C(=O)N2CCN(c3ccccc3C)CC2)cc1CC1CCNC1.Cl.Cl. The van der Waals surface area contributed by atoms with Crippen molar-refractivity contribution in [2.75, 3.05) is 51.3 Å². The Labute approximate surface area is 198 Å². The van der Waals surface area contributed by atoms with Gasteiger partial charge in [-0.15, -0.1) is 24.8 Å². The molecule has 1 unspecified atom stereocenters. The fourth-order valence-corrected chi connectivity index (χ4v) is 4.52. The first-order valence-corrected chi connectivity index (χ1v) is 10.6. The van der Waals surface area contributed by atoms with Gasteiger partial charge in [-0.3, -0.25) is 4.79 Å². The quantitative estimate of drug-likeness (QED) is 0.725. The molecule has 2 fully saturated rings. The number of ether oxygens (including phenoxy) is 1. The van der Waals surface area contributed by atoms with Gasteiger partial charge in [0.2, 0.25) is 0 Å². The number of nitrogens with zero attached hydrogens (tertiary/aromatic N) is 2. The van der Waals surface area contributed by atoms with E-state index in [2.05, 4.69) is 41.4 Å². The summed E-state index contributed by atoms with van der Waals surface area (Å²) in [6.45, 7) is 7.51. The topological polar surface area (TPSA) is 44.8 Å². The summed E-state index contributed by atoms with van der Waals surface area (Å²) in [6, 6.07) is 14.4. The van der Waals surface area contributed by atoms with Gasteiger partial charge in [-0.05, 0) is 74.2 Å². The molecule has 0 bridgehead atoms. The number of nitrogens with one attached hydrogen (secondary N) is 1. The zero-order chi connectivity index (χ0) is 20.2. The van der Waals surface area contributed by atoms with Crippen molar-refractivity contribution in [2.24, 2.45) is 5.92 Å². The fourth-order valence-electron chi connectivity index (χ4n) is 4.52. The van der Waals surface area contributed by atoms with Gasteiger partial charge in [-0.1, -0.05) is 18.2 Å². The highest BCUT2D eigenvalue weighted by molar-refractivity contribution is 5.94. The van der Waals surface area contributed by atoms with E-state index in [9.17, 15) is 4.79 Å². The van der Waals surface area contributed by atoms with Crippen LogP contribution in [0.5, 0.6) is 5.75 Å². The molecule has 0 aromatic heterocycles. The maximum absolute atomic E-state index is 13.2. The molecule has 4 rings (SSSR count). The second-order valence-electron chi connectivity index (χ2n) is 8.16. The average Bonchev–Trinajstić information content (AvgIpc) is 3.27. The Kier molecular flexibility index (Phi) is 9.48. The number of anilines is 1. The minimum atomic E-state index is 0. The molecule has 2 aromatic carbocycles. The van der Waals surface area contributed by atoms with Gasteiger partial charge >= 0.3 is 0 Å². The summed E-state index contributed by atoms with van der Waals surface area (Å²) in [5.41, 5.74) is 4.48. The number of halogens is 2. The highest BCUT2D eigenvalue weighted by Gasteiger charge is 2.24. The van der Waals surface area contributed by atoms with Gasteiger partial charge in [0.25, 0.3) is 5.91 Å². The van der Waals surface area contributed by atoms with Crippen molar-refractivity contribution in [3.05, 3.63) is 59.2 Å². The summed E-state index contributed by atoms with van der Waals surface area (Å²) in [4.78, 5) is 17.5. The van der Waals surface area contributed by atoms with Crippen LogP contribution in [-0.2, 0) is 6.42 Å². The Bertz CT molecular complexity index is 864. The van der Waals surface area contributed by atoms with Gasteiger partial charge in [0.1, 0.15) is 5.75 Å². The molecule has 2 aliphatic rings. The first kappa shape index (κ1) is 25.3. The molecule has 0 radical (unpaired) electrons. The van der Waals surface area contributed by atoms with Gasteiger partial charge in [0, 0.05) is 37.4 Å². The van der Waals surface area contributed by atoms with Crippen LogP contribution in [0.15, 0.2) is 42.5 Å². The molecule has 31 heavy (non-hydrogen) atoms. The molecule has 7 heteroatoms. The molecule has 0 saturated carbocycles. The van der Waals surface area contributed by atoms with E-state index in [1.54, 1.807) is 7.11 Å². The molecule has 5 nitrogen and oxygen atoms in total. The lowest BCUT2D eigenvalue weighted by atomic mass is 9.96. The van der Waals surface area contributed by atoms with Crippen LogP contribution in [0.1, 0.15) is 27.9 Å². The third kappa shape index (κ3) is 5.85. The first-order valence-electron chi connectivity index (χ1n) is 10.6. The number of carbonyl (C=O) groups is 1. The summed E-state index contributed by atoms with van der Waals surface area (Å²) in [5, 5.41) is 3.42. The summed E-state index contributed by atoms with van der Waals surface area (Å²) < 4.78 is 5.56. The molecule has 2 aliphatic heterocycles. The molecule has 2 saturated heterocycles. The number of rotatable bonds is 5. The fraction of sp³-hybridized carbons (Fsp3) is 0.458. The molecular formula is C24H33Cl2N3O2. The normalized spacial score (nSPS) is 18.2. The Morgan fingerprint density at radius 2 is 1.84 bits per heavy atom. The minimum Gasteiger partial charge on any atom is -0.496 e. The highest BCUT2D eigenvalue weighted by Crippen LogP contribution is 2.26. The monoisotopic (exact) mass is 465 g/mol. The largest absolute Gasteiger partial charge is 0.496 e. The lowest BCUT2D eigenvalue weighted by Crippen LogP contribution is -2.49. The third-order valence-electron chi connectivity index (χ3n) is 6.22. The van der Waals surface area contributed by atoms with E-state index in [1.165, 1.54) is 17.7 Å². The summed E-state index contributed by atoms with van der Waals surface area (Å²) in [7, 11) is 1.71. The van der Waals surface area contributed by atoms with Crippen LogP contribution in [-0.4, -0.2) is 57.2 Å². The van der Waals surface area contributed by atoms with E-state index in [0.717, 1.165) is 62.6 Å². The second-order valence-corrected chi connectivity index (χ2v) is 8.16. The van der Waals surface area contributed by atoms with Crippen molar-refractivity contribution in [3.8, 4) is 5.75 Å². The van der Waals surface area contributed by atoms with Crippen molar-refractivity contribution in [3.63, 3.8) is 0 Å². The van der Waals surface area contributed by atoms with E-state index < -0.39 is 0 Å². The van der Waals surface area contributed by atoms with E-state index >= 15 is 0 Å². The van der Waals surface area contributed by atoms with Gasteiger partial charge < -0.3 is 19.9 Å². The standard InChI is InChI=1S/C24H31N3O2.2ClH/c1-18-5-3-4-6-22(18)26-11-13-27(14-12-26)24(28)20-7-8-23(29-2)21(16-20)15-19-9-10-25-17-19;;/h3-8,16,19,25H,9-15,17H2,1-2H3;2*1H. The summed E-state index contributed by atoms with van der Waals surface area (Å²) >= 11 is 0. The van der Waals surface area contributed by atoms with Crippen molar-refractivity contribution >= 4 is 36.4 Å². The lowest BCUT2D eigenvalue weighted by Gasteiger charge is -2.37. The number of hydrogen-bond donors (Lipinski definition) is 1. The number of benzene rings is 2. The minimum absolute atomic E-state index is 0. The molecule has 1 N–H and O–H groups in total. The third-order valence-corrected chi connectivity index (χ3v) is 6.22. The molecule has 2 heterocycles. The summed E-state index contributed by atoms with van der Waals surface area (Å²) in [5.74, 6) is 1.63. The molecule has 0 aliphatic carbocycles. The zero-order valence-electron chi connectivity index (χ0n) is 18.3. The van der Waals surface area contributed by atoms with Gasteiger partial charge in [-0.2, -0.15) is 0 Å². The van der Waals surface area contributed by atoms with E-state index in [4.69, 9.17) is 4.74 Å². The molecular weight excluding hydrogens is 433 g/mol. The van der Waals surface area contributed by atoms with E-state index in [0.29, 0.717) is 5.92 Å². The second kappa shape index (κ2) is 11.6. The first-order chi connectivity index (χ1) is 14.2. The van der Waals surface area contributed by atoms with Crippen molar-refractivity contribution in [1.29, 1.82) is 0 Å². The number of aryl methyl sites for hydroxylation is 1. The number of para-hydroxylation sites is 1.